The van der Waals surface area contributed by atoms with Gasteiger partial charge in [-0.25, -0.2) is 4.98 Å². The fourth-order valence-electron chi connectivity index (χ4n) is 1.78. The van der Waals surface area contributed by atoms with Crippen LogP contribution in [0.2, 0.25) is 0 Å². The van der Waals surface area contributed by atoms with E-state index >= 15 is 0 Å². The number of carbonyl (C=O) groups is 1. The lowest BCUT2D eigenvalue weighted by molar-refractivity contribution is 0.0950. The van der Waals surface area contributed by atoms with Gasteiger partial charge in [0.05, 0.1) is 17.9 Å². The summed E-state index contributed by atoms with van der Waals surface area (Å²) in [5, 5.41) is 9.28. The molecule has 1 aromatic carbocycles. The van der Waals surface area contributed by atoms with Gasteiger partial charge in [-0.2, -0.15) is 5.10 Å². The number of nitrogens with zero attached hydrogens (tertiary/aromatic N) is 2. The average Bonchev–Trinajstić information content (AvgIpc) is 2.94. The molecular weight excluding hydrogens is 258 g/mol. The number of hydrogen-bond acceptors (Lipinski definition) is 5. The molecule has 2 aromatic rings. The van der Waals surface area contributed by atoms with Crippen LogP contribution in [0.3, 0.4) is 0 Å². The molecule has 0 saturated carbocycles. The molecule has 7 heteroatoms. The van der Waals surface area contributed by atoms with Crippen molar-refractivity contribution >= 4 is 11.6 Å². The number of carbonyl (C=O) groups excluding carboxylic acids is 1. The van der Waals surface area contributed by atoms with Gasteiger partial charge >= 0.3 is 0 Å². The Bertz CT molecular complexity index is 568. The van der Waals surface area contributed by atoms with Crippen LogP contribution in [-0.4, -0.2) is 34.2 Å². The Kier molecular flexibility index (Phi) is 4.54. The molecule has 4 N–H and O–H groups in total. The topological polar surface area (TPSA) is 106 Å². The van der Waals surface area contributed by atoms with E-state index in [9.17, 15) is 4.79 Å². The van der Waals surface area contributed by atoms with E-state index in [2.05, 4.69) is 20.5 Å². The fourth-order valence-corrected chi connectivity index (χ4v) is 1.78. The SMILES string of the molecule is CCOc1c(N)cccc1C(=O)NCCc1ncn[nH]1. The first-order valence-corrected chi connectivity index (χ1v) is 6.36. The lowest BCUT2D eigenvalue weighted by atomic mass is 10.1. The molecule has 0 fully saturated rings. The average molecular weight is 275 g/mol. The number of ether oxygens (including phenoxy) is 1. The maximum Gasteiger partial charge on any atom is 0.255 e. The number of benzene rings is 1. The third-order valence-corrected chi connectivity index (χ3v) is 2.69. The quantitative estimate of drug-likeness (QED) is 0.675. The van der Waals surface area contributed by atoms with Gasteiger partial charge in [0.15, 0.2) is 5.75 Å². The molecule has 20 heavy (non-hydrogen) atoms. The molecule has 0 aliphatic rings. The number of rotatable bonds is 6. The van der Waals surface area contributed by atoms with Gasteiger partial charge in [0.1, 0.15) is 12.2 Å². The summed E-state index contributed by atoms with van der Waals surface area (Å²) in [4.78, 5) is 16.1. The number of para-hydroxylation sites is 1. The molecule has 1 amide bonds. The zero-order chi connectivity index (χ0) is 14.4. The van der Waals surface area contributed by atoms with Gasteiger partial charge in [-0.15, -0.1) is 0 Å². The minimum atomic E-state index is -0.222. The zero-order valence-corrected chi connectivity index (χ0v) is 11.2. The van der Waals surface area contributed by atoms with Crippen LogP contribution < -0.4 is 15.8 Å². The first-order chi connectivity index (χ1) is 9.72. The number of nitrogens with one attached hydrogen (secondary N) is 2. The van der Waals surface area contributed by atoms with Crippen LogP contribution in [0, 0.1) is 0 Å². The van der Waals surface area contributed by atoms with Gasteiger partial charge in [0.2, 0.25) is 0 Å². The van der Waals surface area contributed by atoms with E-state index in [1.807, 2.05) is 6.92 Å². The third-order valence-electron chi connectivity index (χ3n) is 2.69. The van der Waals surface area contributed by atoms with E-state index in [1.165, 1.54) is 6.33 Å². The van der Waals surface area contributed by atoms with Gasteiger partial charge in [0, 0.05) is 13.0 Å². The van der Waals surface area contributed by atoms with Crippen molar-refractivity contribution < 1.29 is 9.53 Å². The van der Waals surface area contributed by atoms with E-state index in [1.54, 1.807) is 18.2 Å². The first-order valence-electron chi connectivity index (χ1n) is 6.36. The lowest BCUT2D eigenvalue weighted by Crippen LogP contribution is -2.26. The van der Waals surface area contributed by atoms with Gasteiger partial charge in [0.25, 0.3) is 5.91 Å². The number of amides is 1. The second kappa shape index (κ2) is 6.55. The molecular formula is C13H17N5O2. The van der Waals surface area contributed by atoms with Crippen molar-refractivity contribution in [2.45, 2.75) is 13.3 Å². The van der Waals surface area contributed by atoms with Crippen molar-refractivity contribution in [3.05, 3.63) is 35.9 Å². The second-order valence-corrected chi connectivity index (χ2v) is 4.10. The summed E-state index contributed by atoms with van der Waals surface area (Å²) in [6.45, 7) is 2.75. The Morgan fingerprint density at radius 3 is 3.05 bits per heavy atom. The van der Waals surface area contributed by atoms with Crippen molar-refractivity contribution in [3.63, 3.8) is 0 Å². The fraction of sp³-hybridized carbons (Fsp3) is 0.308. The number of hydrogen-bond donors (Lipinski definition) is 3. The highest BCUT2D eigenvalue weighted by Crippen LogP contribution is 2.26. The van der Waals surface area contributed by atoms with Gasteiger partial charge in [-0.1, -0.05) is 6.07 Å². The monoisotopic (exact) mass is 275 g/mol. The van der Waals surface area contributed by atoms with Crippen LogP contribution in [0.25, 0.3) is 0 Å². The number of H-pyrrole nitrogens is 1. The Hall–Kier alpha value is -2.57. The molecule has 1 heterocycles. The number of anilines is 1. The number of nitrogens with two attached hydrogens (primary N) is 1. The summed E-state index contributed by atoms with van der Waals surface area (Å²) >= 11 is 0. The molecule has 0 aliphatic carbocycles. The van der Waals surface area contributed by atoms with Crippen LogP contribution >= 0.6 is 0 Å². The van der Waals surface area contributed by atoms with Crippen molar-refractivity contribution in [1.82, 2.24) is 20.5 Å². The van der Waals surface area contributed by atoms with Crippen LogP contribution in [0.4, 0.5) is 5.69 Å². The first kappa shape index (κ1) is 13.9. The summed E-state index contributed by atoms with van der Waals surface area (Å²) in [5.74, 6) is 0.926. The molecule has 0 spiro atoms. The predicted octanol–water partition coefficient (Wildman–Crippen LogP) is 0.758. The van der Waals surface area contributed by atoms with Crippen molar-refractivity contribution in [3.8, 4) is 5.75 Å². The second-order valence-electron chi connectivity index (χ2n) is 4.10. The van der Waals surface area contributed by atoms with E-state index in [0.717, 1.165) is 5.82 Å². The summed E-state index contributed by atoms with van der Waals surface area (Å²) in [6, 6.07) is 5.12. The van der Waals surface area contributed by atoms with Gasteiger partial charge in [-0.3, -0.25) is 9.89 Å². The Balaban J connectivity index is 1.99. The van der Waals surface area contributed by atoms with E-state index in [-0.39, 0.29) is 5.91 Å². The molecule has 0 unspecified atom stereocenters. The van der Waals surface area contributed by atoms with E-state index < -0.39 is 0 Å². The Morgan fingerprint density at radius 2 is 2.35 bits per heavy atom. The standard InChI is InChI=1S/C13H17N5O2/c1-2-20-12-9(4-3-5-10(12)14)13(19)15-7-6-11-16-8-17-18-11/h3-5,8H,2,6-7,14H2,1H3,(H,15,19)(H,16,17,18). The van der Waals surface area contributed by atoms with Crippen LogP contribution in [-0.2, 0) is 6.42 Å². The largest absolute Gasteiger partial charge is 0.491 e. The number of nitrogen functional groups attached to an aromatic ring is 1. The van der Waals surface area contributed by atoms with Crippen molar-refractivity contribution in [1.29, 1.82) is 0 Å². The van der Waals surface area contributed by atoms with Crippen molar-refractivity contribution in [2.75, 3.05) is 18.9 Å². The normalized spacial score (nSPS) is 10.2. The van der Waals surface area contributed by atoms with Crippen LogP contribution in [0.1, 0.15) is 23.1 Å². The molecule has 0 saturated heterocycles. The van der Waals surface area contributed by atoms with Crippen LogP contribution in [0.15, 0.2) is 24.5 Å². The summed E-state index contributed by atoms with van der Waals surface area (Å²) in [5.41, 5.74) is 6.71. The minimum Gasteiger partial charge on any atom is -0.491 e. The maximum absolute atomic E-state index is 12.1. The zero-order valence-electron chi connectivity index (χ0n) is 11.2. The van der Waals surface area contributed by atoms with Gasteiger partial charge in [-0.05, 0) is 19.1 Å². The van der Waals surface area contributed by atoms with Gasteiger partial charge < -0.3 is 15.8 Å². The molecule has 0 atom stereocenters. The summed E-state index contributed by atoms with van der Waals surface area (Å²) < 4.78 is 5.43. The van der Waals surface area contributed by atoms with E-state index in [0.29, 0.717) is 36.6 Å². The highest BCUT2D eigenvalue weighted by molar-refractivity contribution is 5.98. The summed E-state index contributed by atoms with van der Waals surface area (Å²) in [7, 11) is 0. The highest BCUT2D eigenvalue weighted by Gasteiger charge is 2.14. The van der Waals surface area contributed by atoms with Crippen molar-refractivity contribution in [2.24, 2.45) is 0 Å². The van der Waals surface area contributed by atoms with Crippen LogP contribution in [0.5, 0.6) is 5.75 Å². The molecule has 0 aliphatic heterocycles. The molecule has 0 bridgehead atoms. The predicted molar refractivity (Wildman–Crippen MR) is 74.4 cm³/mol. The summed E-state index contributed by atoms with van der Waals surface area (Å²) in [6.07, 6.45) is 2.01. The Morgan fingerprint density at radius 1 is 1.50 bits per heavy atom. The highest BCUT2D eigenvalue weighted by atomic mass is 16.5. The maximum atomic E-state index is 12.1. The smallest absolute Gasteiger partial charge is 0.255 e. The lowest BCUT2D eigenvalue weighted by Gasteiger charge is -2.12. The number of aromatic nitrogens is 3. The molecule has 7 nitrogen and oxygen atoms in total. The minimum absolute atomic E-state index is 0.222. The van der Waals surface area contributed by atoms with E-state index in [4.69, 9.17) is 10.5 Å². The Labute approximate surface area is 116 Å². The molecule has 106 valence electrons. The number of aromatic amines is 1. The third kappa shape index (κ3) is 3.25. The molecule has 0 radical (unpaired) electrons. The molecule has 1 aromatic heterocycles. The molecule has 2 rings (SSSR count).